The number of nitrogens with one attached hydrogen (secondary N) is 1. The summed E-state index contributed by atoms with van der Waals surface area (Å²) < 4.78 is 0. The second-order valence-electron chi connectivity index (χ2n) is 4.90. The van der Waals surface area contributed by atoms with Crippen molar-refractivity contribution in [1.82, 2.24) is 0 Å². The van der Waals surface area contributed by atoms with Crippen molar-refractivity contribution in [3.63, 3.8) is 0 Å². The predicted octanol–water partition coefficient (Wildman–Crippen LogP) is 5.20. The molecule has 1 nitrogen and oxygen atoms in total. The van der Waals surface area contributed by atoms with Crippen molar-refractivity contribution in [3.05, 3.63) is 71.8 Å². The Balaban J connectivity index is 2.12. The molecule has 0 aliphatic heterocycles. The fraction of sp³-hybridized carbons (Fsp3) is 0.111. The van der Waals surface area contributed by atoms with E-state index in [0.29, 0.717) is 0 Å². The number of hydrogen-bond acceptors (Lipinski definition) is 1. The van der Waals surface area contributed by atoms with Crippen LogP contribution in [0.15, 0.2) is 60.7 Å². The maximum atomic E-state index is 3.51. The standard InChI is InChI=1S/C18H17N/c1-13-12-18(19-15-8-4-3-5-9-15)14(2)17-11-7-6-10-16(13)17/h3-12,19H,1-2H3. The van der Waals surface area contributed by atoms with Gasteiger partial charge in [-0.25, -0.2) is 0 Å². The average molecular weight is 247 g/mol. The quantitative estimate of drug-likeness (QED) is 0.656. The van der Waals surface area contributed by atoms with Crippen molar-refractivity contribution < 1.29 is 0 Å². The van der Waals surface area contributed by atoms with Crippen LogP contribution in [0.3, 0.4) is 0 Å². The van der Waals surface area contributed by atoms with E-state index in [1.165, 1.54) is 27.6 Å². The van der Waals surface area contributed by atoms with E-state index in [0.717, 1.165) is 5.69 Å². The van der Waals surface area contributed by atoms with Crippen LogP contribution < -0.4 is 5.32 Å². The molecular weight excluding hydrogens is 230 g/mol. The summed E-state index contributed by atoms with van der Waals surface area (Å²) >= 11 is 0. The van der Waals surface area contributed by atoms with Crippen molar-refractivity contribution >= 4 is 22.1 Å². The monoisotopic (exact) mass is 247 g/mol. The average Bonchev–Trinajstić information content (AvgIpc) is 2.46. The van der Waals surface area contributed by atoms with E-state index in [2.05, 4.69) is 61.6 Å². The summed E-state index contributed by atoms with van der Waals surface area (Å²) in [5.41, 5.74) is 4.91. The van der Waals surface area contributed by atoms with Crippen LogP contribution in [0.25, 0.3) is 10.8 Å². The Morgan fingerprint density at radius 2 is 1.37 bits per heavy atom. The van der Waals surface area contributed by atoms with Crippen LogP contribution in [0.5, 0.6) is 0 Å². The minimum Gasteiger partial charge on any atom is -0.355 e. The first-order valence-corrected chi connectivity index (χ1v) is 6.57. The van der Waals surface area contributed by atoms with Crippen molar-refractivity contribution in [3.8, 4) is 0 Å². The lowest BCUT2D eigenvalue weighted by molar-refractivity contribution is 1.43. The second kappa shape index (κ2) is 4.77. The topological polar surface area (TPSA) is 12.0 Å². The van der Waals surface area contributed by atoms with Crippen molar-refractivity contribution in [2.45, 2.75) is 13.8 Å². The largest absolute Gasteiger partial charge is 0.355 e. The van der Waals surface area contributed by atoms with Gasteiger partial charge in [-0.3, -0.25) is 0 Å². The third-order valence-electron chi connectivity index (χ3n) is 3.57. The molecule has 0 aliphatic rings. The van der Waals surface area contributed by atoms with Gasteiger partial charge >= 0.3 is 0 Å². The lowest BCUT2D eigenvalue weighted by Gasteiger charge is -2.14. The Morgan fingerprint density at radius 1 is 0.737 bits per heavy atom. The van der Waals surface area contributed by atoms with Gasteiger partial charge in [0.2, 0.25) is 0 Å². The van der Waals surface area contributed by atoms with E-state index >= 15 is 0 Å². The SMILES string of the molecule is Cc1cc(Nc2ccccc2)c(C)c2ccccc12. The molecule has 0 aromatic heterocycles. The summed E-state index contributed by atoms with van der Waals surface area (Å²) in [6.07, 6.45) is 0. The van der Waals surface area contributed by atoms with E-state index in [4.69, 9.17) is 0 Å². The molecule has 0 spiro atoms. The number of hydrogen-bond donors (Lipinski definition) is 1. The molecule has 1 N–H and O–H groups in total. The Labute approximate surface area is 113 Å². The molecule has 0 saturated heterocycles. The zero-order valence-corrected chi connectivity index (χ0v) is 11.3. The van der Waals surface area contributed by atoms with Crippen LogP contribution >= 0.6 is 0 Å². The zero-order chi connectivity index (χ0) is 13.2. The molecule has 0 atom stereocenters. The van der Waals surface area contributed by atoms with Gasteiger partial charge in [0.15, 0.2) is 0 Å². The summed E-state index contributed by atoms with van der Waals surface area (Å²) in [7, 11) is 0. The maximum absolute atomic E-state index is 3.51. The lowest BCUT2D eigenvalue weighted by atomic mass is 9.99. The maximum Gasteiger partial charge on any atom is 0.0423 e. The highest BCUT2D eigenvalue weighted by Gasteiger charge is 2.06. The van der Waals surface area contributed by atoms with Crippen LogP contribution in [0, 0.1) is 13.8 Å². The zero-order valence-electron chi connectivity index (χ0n) is 11.3. The summed E-state index contributed by atoms with van der Waals surface area (Å²) in [5, 5.41) is 6.16. The van der Waals surface area contributed by atoms with Crippen LogP contribution in [-0.2, 0) is 0 Å². The number of rotatable bonds is 2. The van der Waals surface area contributed by atoms with Crippen LogP contribution in [0.1, 0.15) is 11.1 Å². The van der Waals surface area contributed by atoms with Gasteiger partial charge < -0.3 is 5.32 Å². The molecule has 0 bridgehead atoms. The smallest absolute Gasteiger partial charge is 0.0423 e. The molecule has 0 aliphatic carbocycles. The van der Waals surface area contributed by atoms with Crippen LogP contribution in [0.4, 0.5) is 11.4 Å². The third kappa shape index (κ3) is 2.19. The molecule has 0 fully saturated rings. The van der Waals surface area contributed by atoms with Gasteiger partial charge in [-0.1, -0.05) is 42.5 Å². The van der Waals surface area contributed by atoms with Gasteiger partial charge in [0.25, 0.3) is 0 Å². The van der Waals surface area contributed by atoms with E-state index in [1.54, 1.807) is 0 Å². The molecule has 3 aromatic rings. The van der Waals surface area contributed by atoms with Crippen molar-refractivity contribution in [2.24, 2.45) is 0 Å². The Kier molecular flexibility index (Phi) is 2.96. The first kappa shape index (κ1) is 11.8. The lowest BCUT2D eigenvalue weighted by Crippen LogP contribution is -1.95. The molecule has 19 heavy (non-hydrogen) atoms. The Morgan fingerprint density at radius 3 is 2.11 bits per heavy atom. The summed E-state index contributed by atoms with van der Waals surface area (Å²) in [5.74, 6) is 0. The number of benzene rings is 3. The molecule has 0 radical (unpaired) electrons. The first-order valence-electron chi connectivity index (χ1n) is 6.57. The predicted molar refractivity (Wildman–Crippen MR) is 83.1 cm³/mol. The van der Waals surface area contributed by atoms with Crippen molar-refractivity contribution in [1.29, 1.82) is 0 Å². The molecule has 0 unspecified atom stereocenters. The van der Waals surface area contributed by atoms with Gasteiger partial charge in [0, 0.05) is 11.4 Å². The van der Waals surface area contributed by atoms with Gasteiger partial charge in [-0.15, -0.1) is 0 Å². The number of fused-ring (bicyclic) bond motifs is 1. The third-order valence-corrected chi connectivity index (χ3v) is 3.57. The number of para-hydroxylation sites is 1. The van der Waals surface area contributed by atoms with E-state index in [-0.39, 0.29) is 0 Å². The fourth-order valence-corrected chi connectivity index (χ4v) is 2.51. The molecule has 0 heterocycles. The Hall–Kier alpha value is -2.28. The van der Waals surface area contributed by atoms with Gasteiger partial charge in [0.05, 0.1) is 0 Å². The first-order chi connectivity index (χ1) is 9.25. The highest BCUT2D eigenvalue weighted by Crippen LogP contribution is 2.30. The van der Waals surface area contributed by atoms with E-state index in [1.807, 2.05) is 18.2 Å². The minimum atomic E-state index is 1.13. The van der Waals surface area contributed by atoms with E-state index < -0.39 is 0 Å². The molecule has 1 heteroatoms. The molecule has 3 rings (SSSR count). The number of anilines is 2. The van der Waals surface area contributed by atoms with E-state index in [9.17, 15) is 0 Å². The second-order valence-corrected chi connectivity index (χ2v) is 4.90. The van der Waals surface area contributed by atoms with Gasteiger partial charge in [-0.2, -0.15) is 0 Å². The molecule has 94 valence electrons. The van der Waals surface area contributed by atoms with Gasteiger partial charge in [0.1, 0.15) is 0 Å². The highest BCUT2D eigenvalue weighted by atomic mass is 14.9. The molecular formula is C18H17N. The number of aryl methyl sites for hydroxylation is 2. The fourth-order valence-electron chi connectivity index (χ4n) is 2.51. The van der Waals surface area contributed by atoms with Gasteiger partial charge in [-0.05, 0) is 53.9 Å². The van der Waals surface area contributed by atoms with Crippen LogP contribution in [0.2, 0.25) is 0 Å². The molecule has 0 amide bonds. The Bertz CT molecular complexity index is 714. The van der Waals surface area contributed by atoms with Crippen molar-refractivity contribution in [2.75, 3.05) is 5.32 Å². The minimum absolute atomic E-state index is 1.13. The highest BCUT2D eigenvalue weighted by molar-refractivity contribution is 5.93. The van der Waals surface area contributed by atoms with Crippen LogP contribution in [-0.4, -0.2) is 0 Å². The molecule has 3 aromatic carbocycles. The summed E-state index contributed by atoms with van der Waals surface area (Å²) in [4.78, 5) is 0. The summed E-state index contributed by atoms with van der Waals surface area (Å²) in [6.45, 7) is 4.34. The molecule has 0 saturated carbocycles. The normalized spacial score (nSPS) is 10.6. The summed E-state index contributed by atoms with van der Waals surface area (Å²) in [6, 6.07) is 21.1.